The zero-order valence-corrected chi connectivity index (χ0v) is 17.1. The molecule has 1 unspecified atom stereocenters. The van der Waals surface area contributed by atoms with Gasteiger partial charge in [-0.05, 0) is 18.2 Å². The molecule has 1 fully saturated rings. The summed E-state index contributed by atoms with van der Waals surface area (Å²) in [7, 11) is -4.77. The van der Waals surface area contributed by atoms with Gasteiger partial charge in [-0.1, -0.05) is 11.6 Å². The summed E-state index contributed by atoms with van der Waals surface area (Å²) >= 11 is 5.85. The molecular weight excluding hydrogens is 462 g/mol. The van der Waals surface area contributed by atoms with Gasteiger partial charge in [-0.25, -0.2) is 13.8 Å². The molecule has 31 heavy (non-hydrogen) atoms. The maximum atomic E-state index is 15.7. The number of hydrogen-bond donors (Lipinski definition) is 3. The lowest BCUT2D eigenvalue weighted by atomic mass is 10.2. The molecule has 14 heteroatoms. The van der Waals surface area contributed by atoms with Crippen molar-refractivity contribution >= 4 is 19.4 Å². The van der Waals surface area contributed by atoms with E-state index in [1.807, 2.05) is 0 Å². The lowest BCUT2D eigenvalue weighted by molar-refractivity contribution is -0.179. The van der Waals surface area contributed by atoms with E-state index in [-0.39, 0.29) is 16.9 Å². The molecule has 1 aromatic carbocycles. The van der Waals surface area contributed by atoms with Crippen LogP contribution >= 0.6 is 19.4 Å². The molecule has 0 aliphatic carbocycles. The molecule has 168 valence electrons. The van der Waals surface area contributed by atoms with E-state index < -0.39 is 62.4 Å². The molecule has 3 heterocycles. The summed E-state index contributed by atoms with van der Waals surface area (Å²) in [5.74, 6) is -3.66. The predicted octanol–water partition coefficient (Wildman–Crippen LogP) is 1.36. The van der Waals surface area contributed by atoms with Crippen LogP contribution in [0.5, 0.6) is 5.75 Å². The predicted molar refractivity (Wildman–Crippen MR) is 102 cm³/mol. The lowest BCUT2D eigenvalue weighted by Gasteiger charge is -2.27. The van der Waals surface area contributed by atoms with Gasteiger partial charge < -0.3 is 19.5 Å². The Labute approximate surface area is 182 Å². The first-order valence-electron chi connectivity index (χ1n) is 10.2. The average molecular weight is 482 g/mol. The number of H-pyrrole nitrogens is 1. The fourth-order valence-corrected chi connectivity index (χ4v) is 4.19. The Morgan fingerprint density at radius 1 is 1.52 bits per heavy atom. The van der Waals surface area contributed by atoms with Gasteiger partial charge in [-0.2, -0.15) is 0 Å². The zero-order valence-electron chi connectivity index (χ0n) is 18.4. The van der Waals surface area contributed by atoms with Crippen LogP contribution in [0.4, 0.5) is 4.39 Å². The molecule has 0 bridgehead atoms. The number of hydrogen-bond acceptors (Lipinski definition) is 9. The van der Waals surface area contributed by atoms with Gasteiger partial charge in [0.15, 0.2) is 6.20 Å². The second-order valence-corrected chi connectivity index (χ2v) is 8.54. The normalized spacial score (nSPS) is 34.3. The van der Waals surface area contributed by atoms with Crippen molar-refractivity contribution in [3.8, 4) is 5.75 Å². The maximum Gasteiger partial charge on any atom is 0.530 e. The Balaban J connectivity index is 1.63. The van der Waals surface area contributed by atoms with E-state index in [4.69, 9.17) is 34.0 Å². The van der Waals surface area contributed by atoms with Crippen molar-refractivity contribution in [1.29, 1.82) is 0 Å². The van der Waals surface area contributed by atoms with Crippen LogP contribution in [0.25, 0.3) is 0 Å². The van der Waals surface area contributed by atoms with Crippen molar-refractivity contribution in [3.05, 3.63) is 61.4 Å². The Hall–Kier alpha value is -2.05. The summed E-state index contributed by atoms with van der Waals surface area (Å²) < 4.78 is 72.9. The van der Waals surface area contributed by atoms with Gasteiger partial charge in [-0.15, -0.1) is 0 Å². The van der Waals surface area contributed by atoms with Gasteiger partial charge in [0.25, 0.3) is 5.56 Å². The second-order valence-electron chi connectivity index (χ2n) is 6.59. The van der Waals surface area contributed by atoms with Gasteiger partial charge in [0, 0.05) is 23.2 Å². The van der Waals surface area contributed by atoms with Crippen LogP contribution in [0.3, 0.4) is 0 Å². The van der Waals surface area contributed by atoms with E-state index in [0.717, 1.165) is 0 Å². The number of aliphatic hydroxyl groups is 2. The first kappa shape index (κ1) is 18.5. The summed E-state index contributed by atoms with van der Waals surface area (Å²) in [5, 5.41) is 19.9. The first-order chi connectivity index (χ1) is 15.7. The van der Waals surface area contributed by atoms with Gasteiger partial charge in [-0.3, -0.25) is 23.4 Å². The van der Waals surface area contributed by atoms with Crippen LogP contribution in [0.2, 0.25) is 5.02 Å². The maximum absolute atomic E-state index is 15.7. The summed E-state index contributed by atoms with van der Waals surface area (Å²) in [4.78, 5) is 25.6. The standard InChI is InChI=1S/C17H17ClFN2O9P/c18-11-1-2-13-9(3-11)7-27-31(26,30-13)28-8-17(19)4-12(23)15(29-17)21-5-10(6-22)14(24)20-16(21)25/h1-3,5,12,15,22-23H,4,6-8H2,(H,20,24,25)/t12-,15-,17+,31?/m1/s1/i8D2,15D. The minimum Gasteiger partial charge on any atom is -0.404 e. The van der Waals surface area contributed by atoms with Gasteiger partial charge >= 0.3 is 13.5 Å². The van der Waals surface area contributed by atoms with Crippen molar-refractivity contribution in [2.75, 3.05) is 6.56 Å². The molecule has 0 amide bonds. The topological polar surface area (TPSA) is 149 Å². The fraction of sp³-hybridized carbons (Fsp3) is 0.412. The van der Waals surface area contributed by atoms with E-state index in [2.05, 4.69) is 0 Å². The van der Waals surface area contributed by atoms with E-state index in [1.165, 1.54) is 18.2 Å². The molecule has 2 aromatic rings. The molecule has 3 N–H and O–H groups in total. The van der Waals surface area contributed by atoms with Crippen LogP contribution in [-0.4, -0.2) is 38.3 Å². The molecule has 0 radical (unpaired) electrons. The number of fused-ring (bicyclic) bond motifs is 1. The number of phosphoric acid groups is 1. The fourth-order valence-electron chi connectivity index (χ4n) is 2.89. The third kappa shape index (κ3) is 4.46. The van der Waals surface area contributed by atoms with Crippen LogP contribution in [-0.2, 0) is 31.6 Å². The number of nitrogens with zero attached hydrogens (tertiary/aromatic N) is 1. The number of phosphoric ester groups is 1. The molecule has 11 nitrogen and oxygen atoms in total. The Bertz CT molecular complexity index is 1310. The molecule has 2 aliphatic heterocycles. The molecule has 4 rings (SSSR count). The van der Waals surface area contributed by atoms with Gasteiger partial charge in [0.1, 0.15) is 18.4 Å². The van der Waals surface area contributed by atoms with E-state index >= 15 is 4.39 Å². The molecule has 0 saturated carbocycles. The highest BCUT2D eigenvalue weighted by Crippen LogP contribution is 2.55. The van der Waals surface area contributed by atoms with Crippen molar-refractivity contribution < 1.29 is 41.6 Å². The number of nitrogens with one attached hydrogen (secondary N) is 1. The second kappa shape index (κ2) is 8.14. The lowest BCUT2D eigenvalue weighted by Crippen LogP contribution is -2.37. The van der Waals surface area contributed by atoms with Crippen molar-refractivity contribution in [2.24, 2.45) is 0 Å². The molecule has 2 aliphatic rings. The number of alkyl halides is 1. The monoisotopic (exact) mass is 481 g/mol. The number of benzene rings is 1. The number of aliphatic hydroxyl groups excluding tert-OH is 2. The average Bonchev–Trinajstić information content (AvgIpc) is 2.98. The van der Waals surface area contributed by atoms with Crippen LogP contribution < -0.4 is 15.8 Å². The van der Waals surface area contributed by atoms with Crippen molar-refractivity contribution in [2.45, 2.75) is 37.8 Å². The van der Waals surface area contributed by atoms with Gasteiger partial charge in [0.2, 0.25) is 5.85 Å². The number of ether oxygens (including phenoxy) is 1. The summed E-state index contributed by atoms with van der Waals surface area (Å²) in [5.41, 5.74) is -2.34. The minimum absolute atomic E-state index is 0.0128. The summed E-state index contributed by atoms with van der Waals surface area (Å²) in [6, 6.07) is 4.16. The van der Waals surface area contributed by atoms with Crippen molar-refractivity contribution in [1.82, 2.24) is 9.55 Å². The van der Waals surface area contributed by atoms with Crippen LogP contribution in [0, 0.1) is 0 Å². The highest BCUT2D eigenvalue weighted by atomic mass is 35.5. The molecule has 1 aromatic heterocycles. The zero-order chi connectivity index (χ0) is 25.1. The van der Waals surface area contributed by atoms with Crippen LogP contribution in [0.15, 0.2) is 34.0 Å². The van der Waals surface area contributed by atoms with E-state index in [9.17, 15) is 24.4 Å². The Morgan fingerprint density at radius 2 is 2.29 bits per heavy atom. The number of aromatic nitrogens is 2. The number of rotatable bonds is 5. The highest BCUT2D eigenvalue weighted by Gasteiger charge is 2.50. The minimum atomic E-state index is -4.77. The SMILES string of the molecule is [2H]C([2H])(OP1(=O)OCc2cc(Cl)ccc2O1)[C@]1(F)C[C@@H](O)[C@]([2H])(n2cc(CO)c(=O)[nH]c2=O)O1. The number of aromatic amines is 1. The van der Waals surface area contributed by atoms with E-state index in [0.29, 0.717) is 16.8 Å². The quantitative estimate of drug-likeness (QED) is 0.538. The van der Waals surface area contributed by atoms with E-state index in [1.54, 1.807) is 4.98 Å². The van der Waals surface area contributed by atoms with Gasteiger partial charge in [0.05, 0.1) is 22.9 Å². The Kier molecular flexibility index (Phi) is 4.86. The Morgan fingerprint density at radius 3 is 3.03 bits per heavy atom. The van der Waals surface area contributed by atoms with Crippen molar-refractivity contribution in [3.63, 3.8) is 0 Å². The smallest absolute Gasteiger partial charge is 0.404 e. The third-order valence-electron chi connectivity index (χ3n) is 4.35. The summed E-state index contributed by atoms with van der Waals surface area (Å²) in [6.45, 7) is -4.87. The molecule has 4 atom stereocenters. The third-order valence-corrected chi connectivity index (χ3v) is 5.77. The molecule has 1 saturated heterocycles. The first-order valence-corrected chi connectivity index (χ1v) is 10.5. The number of halogens is 2. The largest absolute Gasteiger partial charge is 0.530 e. The summed E-state index contributed by atoms with van der Waals surface area (Å²) in [6.07, 6.45) is -5.77. The molecule has 0 spiro atoms. The molecular formula is C17H17ClFN2O9P. The highest BCUT2D eigenvalue weighted by molar-refractivity contribution is 7.49. The van der Waals surface area contributed by atoms with Crippen LogP contribution in [0.1, 0.15) is 27.9 Å².